The third kappa shape index (κ3) is 3.82. The molecule has 0 bridgehead atoms. The van der Waals surface area contributed by atoms with Gasteiger partial charge in [0.1, 0.15) is 17.2 Å². The van der Waals surface area contributed by atoms with Crippen molar-refractivity contribution in [2.24, 2.45) is 0 Å². The summed E-state index contributed by atoms with van der Waals surface area (Å²) in [7, 11) is 3.20. The van der Waals surface area contributed by atoms with Gasteiger partial charge in [0.2, 0.25) is 0 Å². The van der Waals surface area contributed by atoms with Gasteiger partial charge in [-0.3, -0.25) is 9.59 Å². The van der Waals surface area contributed by atoms with Gasteiger partial charge in [-0.25, -0.2) is 5.10 Å². The first-order chi connectivity index (χ1) is 16.1. The Balaban J connectivity index is 1.30. The van der Waals surface area contributed by atoms with E-state index in [9.17, 15) is 9.59 Å². The largest absolute Gasteiger partial charge is 0.496 e. The second-order valence-electron chi connectivity index (χ2n) is 8.45. The normalized spacial score (nSPS) is 18.4. The number of aromatic nitrogens is 3. The van der Waals surface area contributed by atoms with E-state index in [1.807, 2.05) is 36.4 Å². The Morgan fingerprint density at radius 2 is 1.67 bits per heavy atom. The molecule has 1 aliphatic carbocycles. The maximum absolute atomic E-state index is 13.0. The van der Waals surface area contributed by atoms with Crippen molar-refractivity contribution >= 4 is 27.6 Å². The molecule has 0 saturated heterocycles. The van der Waals surface area contributed by atoms with E-state index in [2.05, 4.69) is 20.5 Å². The van der Waals surface area contributed by atoms with Gasteiger partial charge >= 0.3 is 0 Å². The van der Waals surface area contributed by atoms with Crippen LogP contribution < -0.4 is 20.3 Å². The standard InChI is InChI=1S/C25H26N4O4/c1-32-20-11-12-21(33-2)23-18(20)13-19(27-23)25(31)26-15-9-7-14(8-10-15)22-16-5-3-4-6-17(16)24(30)29-28-22/h3-6,11-15,27H,7-10H2,1-2H3,(H,26,31)(H,29,30)/t14-,15-. The first-order valence-electron chi connectivity index (χ1n) is 11.1. The second-order valence-corrected chi connectivity index (χ2v) is 8.45. The van der Waals surface area contributed by atoms with Crippen molar-refractivity contribution in [3.8, 4) is 11.5 Å². The zero-order valence-electron chi connectivity index (χ0n) is 18.6. The topological polar surface area (TPSA) is 109 Å². The van der Waals surface area contributed by atoms with Crippen molar-refractivity contribution in [2.75, 3.05) is 14.2 Å². The number of hydrogen-bond acceptors (Lipinski definition) is 5. The van der Waals surface area contributed by atoms with Crippen LogP contribution in [0, 0.1) is 0 Å². The van der Waals surface area contributed by atoms with Crippen LogP contribution in [0.4, 0.5) is 0 Å². The summed E-state index contributed by atoms with van der Waals surface area (Å²) in [5.74, 6) is 1.45. The number of nitrogens with zero attached hydrogens (tertiary/aromatic N) is 1. The fraction of sp³-hybridized carbons (Fsp3) is 0.320. The molecule has 0 atom stereocenters. The maximum Gasteiger partial charge on any atom is 0.272 e. The Bertz CT molecular complexity index is 1340. The quantitative estimate of drug-likeness (QED) is 0.431. The van der Waals surface area contributed by atoms with Gasteiger partial charge in [-0.2, -0.15) is 5.10 Å². The molecule has 2 aromatic carbocycles. The van der Waals surface area contributed by atoms with Crippen LogP contribution in [-0.4, -0.2) is 41.3 Å². The Morgan fingerprint density at radius 3 is 2.39 bits per heavy atom. The number of nitrogens with one attached hydrogen (secondary N) is 3. The summed E-state index contributed by atoms with van der Waals surface area (Å²) >= 11 is 0. The molecular weight excluding hydrogens is 420 g/mol. The minimum atomic E-state index is -0.165. The fourth-order valence-corrected chi connectivity index (χ4v) is 4.86. The minimum absolute atomic E-state index is 0.0815. The molecule has 0 unspecified atom stereocenters. The highest BCUT2D eigenvalue weighted by Gasteiger charge is 2.27. The molecule has 0 spiro atoms. The van der Waals surface area contributed by atoms with Gasteiger partial charge in [-0.05, 0) is 49.9 Å². The lowest BCUT2D eigenvalue weighted by atomic mass is 9.82. The molecule has 33 heavy (non-hydrogen) atoms. The summed E-state index contributed by atoms with van der Waals surface area (Å²) in [4.78, 5) is 28.2. The first-order valence-corrected chi connectivity index (χ1v) is 11.1. The molecule has 5 rings (SSSR count). The molecule has 8 heteroatoms. The van der Waals surface area contributed by atoms with Gasteiger partial charge in [-0.1, -0.05) is 18.2 Å². The van der Waals surface area contributed by atoms with E-state index in [0.717, 1.165) is 47.7 Å². The van der Waals surface area contributed by atoms with Gasteiger partial charge in [0, 0.05) is 22.7 Å². The summed E-state index contributed by atoms with van der Waals surface area (Å²) in [6, 6.07) is 13.1. The van der Waals surface area contributed by atoms with Crippen molar-refractivity contribution in [1.29, 1.82) is 0 Å². The van der Waals surface area contributed by atoms with Crippen molar-refractivity contribution in [3.05, 3.63) is 64.2 Å². The van der Waals surface area contributed by atoms with E-state index in [-0.39, 0.29) is 23.4 Å². The molecule has 1 fully saturated rings. The van der Waals surface area contributed by atoms with Gasteiger partial charge in [0.25, 0.3) is 11.5 Å². The number of carbonyl (C=O) groups is 1. The third-order valence-corrected chi connectivity index (χ3v) is 6.57. The highest BCUT2D eigenvalue weighted by Crippen LogP contribution is 2.35. The maximum atomic E-state index is 13.0. The average molecular weight is 447 g/mol. The molecule has 0 radical (unpaired) electrons. The summed E-state index contributed by atoms with van der Waals surface area (Å²) in [6.07, 6.45) is 3.47. The molecule has 1 amide bonds. The van der Waals surface area contributed by atoms with Gasteiger partial charge < -0.3 is 19.8 Å². The van der Waals surface area contributed by atoms with Crippen LogP contribution in [0.25, 0.3) is 21.7 Å². The predicted octanol–water partition coefficient (Wildman–Crippen LogP) is 3.88. The molecule has 8 nitrogen and oxygen atoms in total. The number of benzene rings is 2. The molecule has 2 aromatic heterocycles. The summed E-state index contributed by atoms with van der Waals surface area (Å²) in [6.45, 7) is 0. The van der Waals surface area contributed by atoms with E-state index in [1.54, 1.807) is 20.3 Å². The molecule has 1 aliphatic rings. The van der Waals surface area contributed by atoms with Crippen molar-refractivity contribution < 1.29 is 14.3 Å². The molecule has 3 N–H and O–H groups in total. The van der Waals surface area contributed by atoms with E-state index in [0.29, 0.717) is 22.6 Å². The van der Waals surface area contributed by atoms with E-state index >= 15 is 0 Å². The Labute approximate surface area is 190 Å². The lowest BCUT2D eigenvalue weighted by Gasteiger charge is -2.29. The Hall–Kier alpha value is -3.81. The van der Waals surface area contributed by atoms with E-state index in [4.69, 9.17) is 9.47 Å². The second kappa shape index (κ2) is 8.61. The number of fused-ring (bicyclic) bond motifs is 2. The lowest BCUT2D eigenvalue weighted by molar-refractivity contribution is 0.0921. The molecular formula is C25H26N4O4. The molecule has 0 aliphatic heterocycles. The molecule has 4 aromatic rings. The van der Waals surface area contributed by atoms with Crippen LogP contribution in [0.5, 0.6) is 11.5 Å². The summed E-state index contributed by atoms with van der Waals surface area (Å²) < 4.78 is 10.8. The Morgan fingerprint density at radius 1 is 0.970 bits per heavy atom. The van der Waals surface area contributed by atoms with E-state index < -0.39 is 0 Å². The van der Waals surface area contributed by atoms with Crippen LogP contribution in [0.3, 0.4) is 0 Å². The number of H-pyrrole nitrogens is 2. The zero-order valence-corrected chi connectivity index (χ0v) is 18.6. The van der Waals surface area contributed by atoms with Crippen molar-refractivity contribution in [2.45, 2.75) is 37.6 Å². The number of amides is 1. The average Bonchev–Trinajstić information content (AvgIpc) is 3.30. The van der Waals surface area contributed by atoms with Gasteiger partial charge in [0.05, 0.1) is 30.8 Å². The zero-order chi connectivity index (χ0) is 22.9. The van der Waals surface area contributed by atoms with Crippen LogP contribution in [0.15, 0.2) is 47.3 Å². The third-order valence-electron chi connectivity index (χ3n) is 6.57. The van der Waals surface area contributed by atoms with Crippen LogP contribution >= 0.6 is 0 Å². The van der Waals surface area contributed by atoms with Gasteiger partial charge in [-0.15, -0.1) is 0 Å². The first kappa shape index (κ1) is 21.1. The monoisotopic (exact) mass is 446 g/mol. The summed E-state index contributed by atoms with van der Waals surface area (Å²) in [5.41, 5.74) is 1.98. The highest BCUT2D eigenvalue weighted by molar-refractivity contribution is 6.01. The fourth-order valence-electron chi connectivity index (χ4n) is 4.86. The highest BCUT2D eigenvalue weighted by atomic mass is 16.5. The smallest absolute Gasteiger partial charge is 0.272 e. The van der Waals surface area contributed by atoms with Crippen molar-refractivity contribution in [3.63, 3.8) is 0 Å². The van der Waals surface area contributed by atoms with Crippen molar-refractivity contribution in [1.82, 2.24) is 20.5 Å². The van der Waals surface area contributed by atoms with Gasteiger partial charge in [0.15, 0.2) is 0 Å². The van der Waals surface area contributed by atoms with Crippen LogP contribution in [0.2, 0.25) is 0 Å². The molecule has 1 saturated carbocycles. The number of ether oxygens (including phenoxy) is 2. The lowest BCUT2D eigenvalue weighted by Crippen LogP contribution is -2.37. The molecule has 170 valence electrons. The SMILES string of the molecule is COc1ccc(OC)c2[nH]c(C(=O)N[C@H]3CC[C@H](c4n[nH]c(=O)c5ccccc54)CC3)cc12. The minimum Gasteiger partial charge on any atom is -0.496 e. The summed E-state index contributed by atoms with van der Waals surface area (Å²) in [5, 5.41) is 12.6. The number of carbonyl (C=O) groups excluding carboxylic acids is 1. The Kier molecular flexibility index (Phi) is 5.50. The predicted molar refractivity (Wildman–Crippen MR) is 126 cm³/mol. The number of aromatic amines is 2. The van der Waals surface area contributed by atoms with Crippen LogP contribution in [-0.2, 0) is 0 Å². The molecule has 2 heterocycles. The van der Waals surface area contributed by atoms with E-state index in [1.165, 1.54) is 0 Å². The number of hydrogen-bond donors (Lipinski definition) is 3. The van der Waals surface area contributed by atoms with Crippen LogP contribution in [0.1, 0.15) is 47.8 Å². The number of methoxy groups -OCH3 is 2. The number of rotatable bonds is 5.